The summed E-state index contributed by atoms with van der Waals surface area (Å²) in [5.74, 6) is -0.259. The van der Waals surface area contributed by atoms with E-state index in [1.54, 1.807) is 0 Å². The largest absolute Gasteiger partial charge is 0.348 e. The first-order chi connectivity index (χ1) is 12.8. The highest BCUT2D eigenvalue weighted by Gasteiger charge is 2.25. The molecular weight excluding hydrogens is 318 g/mol. The first-order valence-corrected chi connectivity index (χ1v) is 9.24. The third kappa shape index (κ3) is 4.40. The first kappa shape index (κ1) is 17.9. The number of carbonyl (C=O) groups excluding carboxylic acids is 1. The molecule has 26 heavy (non-hydrogen) atoms. The van der Waals surface area contributed by atoms with Crippen LogP contribution in [0.4, 0.5) is 0 Å². The van der Waals surface area contributed by atoms with Crippen molar-refractivity contribution in [3.8, 4) is 0 Å². The second-order valence-electron chi connectivity index (χ2n) is 6.51. The Balaban J connectivity index is 1.90. The van der Waals surface area contributed by atoms with Crippen LogP contribution in [0.25, 0.3) is 0 Å². The smallest absolute Gasteiger partial charge is 0.232 e. The quantitative estimate of drug-likeness (QED) is 0.605. The lowest BCUT2D eigenvalue weighted by molar-refractivity contribution is -0.122. The summed E-state index contributed by atoms with van der Waals surface area (Å²) in [5, 5.41) is 3.29. The minimum atomic E-state index is -0.305. The van der Waals surface area contributed by atoms with Gasteiger partial charge < -0.3 is 5.32 Å². The maximum atomic E-state index is 13.3. The lowest BCUT2D eigenvalue weighted by Gasteiger charge is -2.23. The van der Waals surface area contributed by atoms with Crippen LogP contribution in [-0.2, 0) is 4.79 Å². The van der Waals surface area contributed by atoms with E-state index < -0.39 is 0 Å². The van der Waals surface area contributed by atoms with Crippen molar-refractivity contribution < 1.29 is 4.79 Å². The molecule has 0 fully saturated rings. The average Bonchev–Trinajstić information content (AvgIpc) is 2.70. The minimum absolute atomic E-state index is 0.0311. The zero-order chi connectivity index (χ0) is 18.2. The molecule has 2 heteroatoms. The second-order valence-corrected chi connectivity index (χ2v) is 6.51. The van der Waals surface area contributed by atoms with Crippen LogP contribution in [0.3, 0.4) is 0 Å². The van der Waals surface area contributed by atoms with Crippen molar-refractivity contribution in [3.05, 3.63) is 108 Å². The number of hydrogen-bond donors (Lipinski definition) is 1. The molecule has 3 rings (SSSR count). The van der Waals surface area contributed by atoms with Gasteiger partial charge in [0.15, 0.2) is 0 Å². The number of nitrogens with one attached hydrogen (secondary N) is 1. The summed E-state index contributed by atoms with van der Waals surface area (Å²) in [6, 6.07) is 30.2. The Morgan fingerprint density at radius 2 is 1.15 bits per heavy atom. The summed E-state index contributed by atoms with van der Waals surface area (Å²) in [4.78, 5) is 13.3. The van der Waals surface area contributed by atoms with Crippen LogP contribution in [0.15, 0.2) is 91.0 Å². The molecule has 132 valence electrons. The van der Waals surface area contributed by atoms with Gasteiger partial charge in [-0.15, -0.1) is 0 Å². The van der Waals surface area contributed by atoms with Crippen molar-refractivity contribution in [2.45, 2.75) is 31.7 Å². The van der Waals surface area contributed by atoms with Gasteiger partial charge in [0, 0.05) is 0 Å². The Kier molecular flexibility index (Phi) is 6.21. The topological polar surface area (TPSA) is 29.1 Å². The first-order valence-electron chi connectivity index (χ1n) is 9.24. The highest BCUT2D eigenvalue weighted by molar-refractivity contribution is 5.87. The van der Waals surface area contributed by atoms with Gasteiger partial charge in [-0.05, 0) is 23.1 Å². The van der Waals surface area contributed by atoms with Gasteiger partial charge in [0.1, 0.15) is 0 Å². The molecule has 1 atom stereocenters. The molecule has 0 aromatic heterocycles. The van der Waals surface area contributed by atoms with Gasteiger partial charge in [-0.2, -0.15) is 0 Å². The Morgan fingerprint density at radius 3 is 1.58 bits per heavy atom. The third-order valence-electron chi connectivity index (χ3n) is 4.62. The summed E-state index contributed by atoms with van der Waals surface area (Å²) in [6.45, 7) is 2.15. The normalized spacial score (nSPS) is 11.9. The molecule has 0 saturated heterocycles. The zero-order valence-electron chi connectivity index (χ0n) is 15.1. The van der Waals surface area contributed by atoms with Crippen molar-refractivity contribution in [1.82, 2.24) is 5.32 Å². The summed E-state index contributed by atoms with van der Waals surface area (Å²) in [5.41, 5.74) is 3.18. The van der Waals surface area contributed by atoms with Crippen molar-refractivity contribution >= 4 is 5.91 Å². The molecule has 0 bridgehead atoms. The van der Waals surface area contributed by atoms with Crippen molar-refractivity contribution in [3.63, 3.8) is 0 Å². The maximum absolute atomic E-state index is 13.3. The van der Waals surface area contributed by atoms with Gasteiger partial charge in [0.05, 0.1) is 12.0 Å². The Labute approximate surface area is 155 Å². The number of amides is 1. The standard InChI is InChI=1S/C24H25NO/c1-2-12-22(19-13-6-3-7-14-19)25-24(26)23(20-15-8-4-9-16-20)21-17-10-5-11-18-21/h3-11,13-18,22-23H,2,12H2,1H3,(H,25,26). The Bertz CT molecular complexity index is 760. The van der Waals surface area contributed by atoms with Crippen LogP contribution < -0.4 is 5.32 Å². The van der Waals surface area contributed by atoms with E-state index in [4.69, 9.17) is 0 Å². The van der Waals surface area contributed by atoms with Crippen LogP contribution in [0.5, 0.6) is 0 Å². The van der Waals surface area contributed by atoms with Crippen LogP contribution in [0.2, 0.25) is 0 Å². The molecule has 0 aliphatic carbocycles. The fourth-order valence-corrected chi connectivity index (χ4v) is 3.34. The van der Waals surface area contributed by atoms with Gasteiger partial charge in [-0.3, -0.25) is 4.79 Å². The number of benzene rings is 3. The molecule has 1 N–H and O–H groups in total. The van der Waals surface area contributed by atoms with Crippen molar-refractivity contribution in [1.29, 1.82) is 0 Å². The molecule has 2 nitrogen and oxygen atoms in total. The Hall–Kier alpha value is -2.87. The monoisotopic (exact) mass is 343 g/mol. The minimum Gasteiger partial charge on any atom is -0.348 e. The SMILES string of the molecule is CCCC(NC(=O)C(c1ccccc1)c1ccccc1)c1ccccc1. The molecule has 0 aliphatic heterocycles. The van der Waals surface area contributed by atoms with E-state index in [-0.39, 0.29) is 17.9 Å². The molecule has 1 amide bonds. The highest BCUT2D eigenvalue weighted by Crippen LogP contribution is 2.27. The fraction of sp³-hybridized carbons (Fsp3) is 0.208. The van der Waals surface area contributed by atoms with E-state index in [0.717, 1.165) is 29.5 Å². The zero-order valence-corrected chi connectivity index (χ0v) is 15.1. The van der Waals surface area contributed by atoms with Gasteiger partial charge in [0.25, 0.3) is 0 Å². The number of carbonyl (C=O) groups is 1. The lowest BCUT2D eigenvalue weighted by Crippen LogP contribution is -2.33. The summed E-state index contributed by atoms with van der Waals surface area (Å²) >= 11 is 0. The molecule has 0 aliphatic rings. The van der Waals surface area contributed by atoms with Crippen LogP contribution in [0.1, 0.15) is 48.4 Å². The van der Waals surface area contributed by atoms with Crippen LogP contribution >= 0.6 is 0 Å². The predicted molar refractivity (Wildman–Crippen MR) is 107 cm³/mol. The molecule has 3 aromatic carbocycles. The average molecular weight is 343 g/mol. The lowest BCUT2D eigenvalue weighted by atomic mass is 9.89. The predicted octanol–water partition coefficient (Wildman–Crippen LogP) is 5.48. The van der Waals surface area contributed by atoms with E-state index in [2.05, 4.69) is 24.4 Å². The number of hydrogen-bond acceptors (Lipinski definition) is 1. The van der Waals surface area contributed by atoms with Gasteiger partial charge >= 0.3 is 0 Å². The molecule has 0 heterocycles. The van der Waals surface area contributed by atoms with E-state index in [1.807, 2.05) is 78.9 Å². The van der Waals surface area contributed by atoms with E-state index in [0.29, 0.717) is 0 Å². The number of rotatable bonds is 7. The Morgan fingerprint density at radius 1 is 0.731 bits per heavy atom. The summed E-state index contributed by atoms with van der Waals surface area (Å²) in [7, 11) is 0. The van der Waals surface area contributed by atoms with Gasteiger partial charge in [-0.1, -0.05) is 104 Å². The van der Waals surface area contributed by atoms with Gasteiger partial charge in [0.2, 0.25) is 5.91 Å². The fourth-order valence-electron chi connectivity index (χ4n) is 3.34. The highest BCUT2D eigenvalue weighted by atomic mass is 16.1. The van der Waals surface area contributed by atoms with E-state index in [1.165, 1.54) is 0 Å². The second kappa shape index (κ2) is 9.00. The van der Waals surface area contributed by atoms with Gasteiger partial charge in [-0.25, -0.2) is 0 Å². The third-order valence-corrected chi connectivity index (χ3v) is 4.62. The van der Waals surface area contributed by atoms with Crippen LogP contribution in [0, 0.1) is 0 Å². The van der Waals surface area contributed by atoms with Crippen LogP contribution in [-0.4, -0.2) is 5.91 Å². The summed E-state index contributed by atoms with van der Waals surface area (Å²) in [6.07, 6.45) is 1.94. The van der Waals surface area contributed by atoms with Crippen molar-refractivity contribution in [2.24, 2.45) is 0 Å². The molecule has 0 spiro atoms. The molecule has 0 radical (unpaired) electrons. The summed E-state index contributed by atoms with van der Waals surface area (Å²) < 4.78 is 0. The molecule has 0 saturated carbocycles. The van der Waals surface area contributed by atoms with E-state index >= 15 is 0 Å². The molecule has 3 aromatic rings. The van der Waals surface area contributed by atoms with E-state index in [9.17, 15) is 4.79 Å². The maximum Gasteiger partial charge on any atom is 0.232 e. The molecule has 1 unspecified atom stereocenters. The molecular formula is C24H25NO. The van der Waals surface area contributed by atoms with Crippen molar-refractivity contribution in [2.75, 3.05) is 0 Å².